The Morgan fingerprint density at radius 3 is 2.86 bits per heavy atom. The molecule has 0 aliphatic heterocycles. The summed E-state index contributed by atoms with van der Waals surface area (Å²) in [6.45, 7) is 0. The largest absolute Gasteiger partial charge is 0.382 e. The molecule has 1 aromatic carbocycles. The lowest BCUT2D eigenvalue weighted by Crippen LogP contribution is -2.40. The highest BCUT2D eigenvalue weighted by molar-refractivity contribution is 14.1. The van der Waals surface area contributed by atoms with Crippen molar-refractivity contribution in [3.8, 4) is 0 Å². The number of anilines is 1. The molecule has 3 heteroatoms. The van der Waals surface area contributed by atoms with Crippen LogP contribution in [-0.4, -0.2) is 19.3 Å². The smallest absolute Gasteiger partial charge is 0.0610 e. The zero-order chi connectivity index (χ0) is 9.97. The number of ether oxygens (including phenoxy) is 1. The monoisotopic (exact) mass is 303 g/mol. The molecular weight excluding hydrogens is 289 g/mol. The molecule has 0 unspecified atom stereocenters. The highest BCUT2D eigenvalue weighted by Gasteiger charge is 2.28. The van der Waals surface area contributed by atoms with Crippen molar-refractivity contribution in [3.63, 3.8) is 0 Å². The highest BCUT2D eigenvalue weighted by atomic mass is 127. The van der Waals surface area contributed by atoms with Crippen LogP contribution in [0.4, 0.5) is 5.69 Å². The second-order valence-corrected chi connectivity index (χ2v) is 4.93. The van der Waals surface area contributed by atoms with E-state index in [2.05, 4.69) is 52.2 Å². The first-order valence-corrected chi connectivity index (χ1v) is 5.90. The Labute approximate surface area is 98.2 Å². The molecule has 0 spiro atoms. The molecule has 2 nitrogen and oxygen atoms in total. The van der Waals surface area contributed by atoms with E-state index in [1.165, 1.54) is 9.26 Å². The van der Waals surface area contributed by atoms with Gasteiger partial charge >= 0.3 is 0 Å². The van der Waals surface area contributed by atoms with E-state index in [4.69, 9.17) is 4.74 Å². The van der Waals surface area contributed by atoms with Gasteiger partial charge in [-0.3, -0.25) is 0 Å². The van der Waals surface area contributed by atoms with Gasteiger partial charge in [0.15, 0.2) is 0 Å². The van der Waals surface area contributed by atoms with Crippen LogP contribution in [0.5, 0.6) is 0 Å². The first-order chi connectivity index (χ1) is 6.78. The van der Waals surface area contributed by atoms with Gasteiger partial charge in [-0.15, -0.1) is 0 Å². The summed E-state index contributed by atoms with van der Waals surface area (Å²) in [6, 6.07) is 9.06. The molecule has 0 bridgehead atoms. The minimum atomic E-state index is 0.468. The Morgan fingerprint density at radius 1 is 1.43 bits per heavy atom. The quantitative estimate of drug-likeness (QED) is 0.867. The summed E-state index contributed by atoms with van der Waals surface area (Å²) in [5.41, 5.74) is 1.22. The van der Waals surface area contributed by atoms with E-state index in [0.717, 1.165) is 12.8 Å². The van der Waals surface area contributed by atoms with Crippen LogP contribution in [0.15, 0.2) is 24.3 Å². The number of methoxy groups -OCH3 is 1. The molecule has 1 fully saturated rings. The zero-order valence-corrected chi connectivity index (χ0v) is 10.3. The molecule has 1 aromatic rings. The van der Waals surface area contributed by atoms with E-state index in [1.54, 1.807) is 7.11 Å². The predicted molar refractivity (Wildman–Crippen MR) is 66.6 cm³/mol. The Morgan fingerprint density at radius 2 is 2.21 bits per heavy atom. The maximum atomic E-state index is 5.24. The Bertz CT molecular complexity index is 310. The summed E-state index contributed by atoms with van der Waals surface area (Å²) in [6.07, 6.45) is 2.72. The molecule has 0 radical (unpaired) electrons. The molecule has 0 heterocycles. The molecule has 0 amide bonds. The van der Waals surface area contributed by atoms with Gasteiger partial charge in [-0.1, -0.05) is 6.07 Å². The van der Waals surface area contributed by atoms with E-state index in [0.29, 0.717) is 12.1 Å². The topological polar surface area (TPSA) is 21.3 Å². The minimum Gasteiger partial charge on any atom is -0.382 e. The van der Waals surface area contributed by atoms with Crippen molar-refractivity contribution in [2.24, 2.45) is 0 Å². The molecule has 0 saturated heterocycles. The average Bonchev–Trinajstić information content (AvgIpc) is 2.10. The number of hydrogen-bond acceptors (Lipinski definition) is 2. The highest BCUT2D eigenvalue weighted by Crippen LogP contribution is 2.26. The molecule has 1 N–H and O–H groups in total. The van der Waals surface area contributed by atoms with Crippen LogP contribution in [0.3, 0.4) is 0 Å². The Balaban J connectivity index is 1.87. The standard InChI is InChI=1S/C11H14INO/c1-14-11-6-10(7-11)13-9-4-2-3-8(12)5-9/h2-5,10-11,13H,6-7H2,1H3. The number of halogens is 1. The van der Waals surface area contributed by atoms with Crippen molar-refractivity contribution < 1.29 is 4.74 Å². The fraction of sp³-hybridized carbons (Fsp3) is 0.455. The van der Waals surface area contributed by atoms with Crippen LogP contribution in [0.2, 0.25) is 0 Å². The third-order valence-electron chi connectivity index (χ3n) is 2.62. The summed E-state index contributed by atoms with van der Waals surface area (Å²) in [5, 5.41) is 3.50. The third kappa shape index (κ3) is 2.39. The van der Waals surface area contributed by atoms with Crippen molar-refractivity contribution in [2.45, 2.75) is 25.0 Å². The number of rotatable bonds is 3. The van der Waals surface area contributed by atoms with Gasteiger partial charge in [-0.2, -0.15) is 0 Å². The lowest BCUT2D eigenvalue weighted by molar-refractivity contribution is 0.0329. The van der Waals surface area contributed by atoms with Crippen LogP contribution >= 0.6 is 22.6 Å². The van der Waals surface area contributed by atoms with Crippen molar-refractivity contribution in [1.82, 2.24) is 0 Å². The van der Waals surface area contributed by atoms with Crippen molar-refractivity contribution in [2.75, 3.05) is 12.4 Å². The minimum absolute atomic E-state index is 0.468. The molecule has 1 saturated carbocycles. The van der Waals surface area contributed by atoms with Crippen LogP contribution < -0.4 is 5.32 Å². The average molecular weight is 303 g/mol. The maximum absolute atomic E-state index is 5.24. The number of hydrogen-bond donors (Lipinski definition) is 1. The lowest BCUT2D eigenvalue weighted by Gasteiger charge is -2.35. The van der Waals surface area contributed by atoms with Gasteiger partial charge in [0.1, 0.15) is 0 Å². The fourth-order valence-corrected chi connectivity index (χ4v) is 2.23. The Hall–Kier alpha value is -0.290. The second kappa shape index (κ2) is 4.49. The van der Waals surface area contributed by atoms with Crippen LogP contribution in [-0.2, 0) is 4.74 Å². The first-order valence-electron chi connectivity index (χ1n) is 4.83. The SMILES string of the molecule is COC1CC(Nc2cccc(I)c2)C1. The molecule has 1 aliphatic rings. The van der Waals surface area contributed by atoms with Crippen molar-refractivity contribution in [3.05, 3.63) is 27.8 Å². The summed E-state index contributed by atoms with van der Waals surface area (Å²) in [7, 11) is 1.78. The van der Waals surface area contributed by atoms with Gasteiger partial charge in [0.2, 0.25) is 0 Å². The summed E-state index contributed by atoms with van der Waals surface area (Å²) in [4.78, 5) is 0. The summed E-state index contributed by atoms with van der Waals surface area (Å²) >= 11 is 2.33. The lowest BCUT2D eigenvalue weighted by atomic mass is 9.89. The normalized spacial score (nSPS) is 25.6. The first kappa shape index (κ1) is 10.2. The van der Waals surface area contributed by atoms with E-state index in [-0.39, 0.29) is 0 Å². The van der Waals surface area contributed by atoms with Crippen LogP contribution in [0.25, 0.3) is 0 Å². The summed E-state index contributed by atoms with van der Waals surface area (Å²) in [5.74, 6) is 0. The van der Waals surface area contributed by atoms with E-state index in [9.17, 15) is 0 Å². The van der Waals surface area contributed by atoms with E-state index in [1.807, 2.05) is 0 Å². The molecule has 0 atom stereocenters. The van der Waals surface area contributed by atoms with Gasteiger partial charge < -0.3 is 10.1 Å². The van der Waals surface area contributed by atoms with E-state index < -0.39 is 0 Å². The predicted octanol–water partition coefficient (Wildman–Crippen LogP) is 2.88. The molecule has 1 aliphatic carbocycles. The van der Waals surface area contributed by atoms with Gasteiger partial charge in [-0.25, -0.2) is 0 Å². The third-order valence-corrected chi connectivity index (χ3v) is 3.29. The molecule has 2 rings (SSSR count). The number of benzene rings is 1. The maximum Gasteiger partial charge on any atom is 0.0610 e. The molecule has 76 valence electrons. The molecule has 0 aromatic heterocycles. The number of nitrogens with one attached hydrogen (secondary N) is 1. The van der Waals surface area contributed by atoms with Crippen LogP contribution in [0.1, 0.15) is 12.8 Å². The van der Waals surface area contributed by atoms with E-state index >= 15 is 0 Å². The molecule has 14 heavy (non-hydrogen) atoms. The van der Waals surface area contributed by atoms with Crippen molar-refractivity contribution in [1.29, 1.82) is 0 Å². The van der Waals surface area contributed by atoms with Crippen molar-refractivity contribution >= 4 is 28.3 Å². The summed E-state index contributed by atoms with van der Waals surface area (Å²) < 4.78 is 6.51. The zero-order valence-electron chi connectivity index (χ0n) is 8.16. The van der Waals surface area contributed by atoms with Crippen LogP contribution in [0, 0.1) is 3.57 Å². The van der Waals surface area contributed by atoms with Gasteiger partial charge in [0.05, 0.1) is 6.10 Å². The second-order valence-electron chi connectivity index (χ2n) is 3.68. The van der Waals surface area contributed by atoms with Gasteiger partial charge in [0, 0.05) is 22.4 Å². The molecular formula is C11H14INO. The van der Waals surface area contributed by atoms with Gasteiger partial charge in [0.25, 0.3) is 0 Å². The Kier molecular flexibility index (Phi) is 3.28. The van der Waals surface area contributed by atoms with Gasteiger partial charge in [-0.05, 0) is 53.6 Å². The fourth-order valence-electron chi connectivity index (χ4n) is 1.69.